The highest BCUT2D eigenvalue weighted by atomic mass is 16.1. The highest BCUT2D eigenvalue weighted by molar-refractivity contribution is 6.11. The third-order valence-corrected chi connectivity index (χ3v) is 2.44. The SMILES string of the molecule is Cc1cc(C(=O)c2cnccc2N)cc(C)n1. The summed E-state index contributed by atoms with van der Waals surface area (Å²) in [4.78, 5) is 20.4. The number of hydrogen-bond donors (Lipinski definition) is 1. The summed E-state index contributed by atoms with van der Waals surface area (Å²) in [6, 6.07) is 5.12. The van der Waals surface area contributed by atoms with E-state index in [0.717, 1.165) is 11.4 Å². The number of aryl methyl sites for hydroxylation is 2. The van der Waals surface area contributed by atoms with Gasteiger partial charge in [-0.1, -0.05) is 0 Å². The molecule has 0 saturated carbocycles. The van der Waals surface area contributed by atoms with E-state index >= 15 is 0 Å². The van der Waals surface area contributed by atoms with E-state index in [4.69, 9.17) is 5.73 Å². The van der Waals surface area contributed by atoms with Gasteiger partial charge in [-0.3, -0.25) is 14.8 Å². The summed E-state index contributed by atoms with van der Waals surface area (Å²) in [7, 11) is 0. The Balaban J connectivity index is 2.48. The molecule has 0 amide bonds. The predicted octanol–water partition coefficient (Wildman–Crippen LogP) is 1.91. The largest absolute Gasteiger partial charge is 0.398 e. The maximum atomic E-state index is 12.2. The molecule has 4 nitrogen and oxygen atoms in total. The summed E-state index contributed by atoms with van der Waals surface area (Å²) >= 11 is 0. The van der Waals surface area contributed by atoms with Crippen LogP contribution >= 0.6 is 0 Å². The molecule has 0 fully saturated rings. The number of nitrogens with two attached hydrogens (primary N) is 1. The van der Waals surface area contributed by atoms with Crippen molar-refractivity contribution in [2.75, 3.05) is 5.73 Å². The van der Waals surface area contributed by atoms with Crippen molar-refractivity contribution in [2.24, 2.45) is 0 Å². The van der Waals surface area contributed by atoms with Gasteiger partial charge in [0, 0.05) is 35.0 Å². The molecule has 2 heterocycles. The van der Waals surface area contributed by atoms with Crippen LogP contribution in [0.2, 0.25) is 0 Å². The first-order valence-electron chi connectivity index (χ1n) is 5.27. The lowest BCUT2D eigenvalue weighted by atomic mass is 10.0. The predicted molar refractivity (Wildman–Crippen MR) is 65.8 cm³/mol. The van der Waals surface area contributed by atoms with Gasteiger partial charge in [-0.15, -0.1) is 0 Å². The minimum Gasteiger partial charge on any atom is -0.398 e. The highest BCUT2D eigenvalue weighted by Crippen LogP contribution is 2.16. The number of pyridine rings is 2. The summed E-state index contributed by atoms with van der Waals surface area (Å²) in [6.45, 7) is 3.72. The quantitative estimate of drug-likeness (QED) is 0.795. The van der Waals surface area contributed by atoms with Crippen LogP contribution in [0.25, 0.3) is 0 Å². The van der Waals surface area contributed by atoms with Gasteiger partial charge in [0.15, 0.2) is 5.78 Å². The number of hydrogen-bond acceptors (Lipinski definition) is 4. The zero-order valence-electron chi connectivity index (χ0n) is 9.77. The summed E-state index contributed by atoms with van der Waals surface area (Å²) in [5.41, 5.74) is 8.85. The molecule has 17 heavy (non-hydrogen) atoms. The number of anilines is 1. The molecule has 2 rings (SSSR count). The molecule has 0 unspecified atom stereocenters. The van der Waals surface area contributed by atoms with Gasteiger partial charge in [0.25, 0.3) is 0 Å². The maximum Gasteiger partial charge on any atom is 0.196 e. The number of carbonyl (C=O) groups excluding carboxylic acids is 1. The lowest BCUT2D eigenvalue weighted by Gasteiger charge is -2.05. The zero-order valence-corrected chi connectivity index (χ0v) is 9.77. The van der Waals surface area contributed by atoms with Crippen molar-refractivity contribution in [1.82, 2.24) is 9.97 Å². The van der Waals surface area contributed by atoms with Crippen LogP contribution in [0, 0.1) is 13.8 Å². The van der Waals surface area contributed by atoms with E-state index in [1.807, 2.05) is 13.8 Å². The second-order valence-electron chi connectivity index (χ2n) is 3.93. The van der Waals surface area contributed by atoms with Crippen molar-refractivity contribution in [3.8, 4) is 0 Å². The number of rotatable bonds is 2. The van der Waals surface area contributed by atoms with E-state index in [1.54, 1.807) is 24.4 Å². The average Bonchev–Trinajstić information content (AvgIpc) is 2.27. The molecular formula is C13H13N3O. The molecule has 0 aliphatic carbocycles. The van der Waals surface area contributed by atoms with Crippen LogP contribution in [0.15, 0.2) is 30.6 Å². The molecule has 0 aliphatic rings. The first kappa shape index (κ1) is 11.3. The molecule has 0 spiro atoms. The Labute approximate surface area is 99.5 Å². The first-order chi connectivity index (χ1) is 8.08. The summed E-state index contributed by atoms with van der Waals surface area (Å²) < 4.78 is 0. The van der Waals surface area contributed by atoms with E-state index in [1.165, 1.54) is 6.20 Å². The van der Waals surface area contributed by atoms with Crippen LogP contribution in [0.4, 0.5) is 5.69 Å². The summed E-state index contributed by atoms with van der Waals surface area (Å²) in [5.74, 6) is -0.121. The van der Waals surface area contributed by atoms with Crippen LogP contribution in [0.5, 0.6) is 0 Å². The second kappa shape index (κ2) is 4.33. The van der Waals surface area contributed by atoms with Gasteiger partial charge in [0.2, 0.25) is 0 Å². The second-order valence-corrected chi connectivity index (χ2v) is 3.93. The molecule has 2 aromatic rings. The third kappa shape index (κ3) is 2.30. The van der Waals surface area contributed by atoms with E-state index in [9.17, 15) is 4.79 Å². The molecule has 0 atom stereocenters. The summed E-state index contributed by atoms with van der Waals surface area (Å²) in [5, 5.41) is 0. The fourth-order valence-corrected chi connectivity index (χ4v) is 1.72. The van der Waals surface area contributed by atoms with Crippen molar-refractivity contribution < 1.29 is 4.79 Å². The van der Waals surface area contributed by atoms with Crippen LogP contribution in [-0.2, 0) is 0 Å². The number of aromatic nitrogens is 2. The van der Waals surface area contributed by atoms with Gasteiger partial charge < -0.3 is 5.73 Å². The molecule has 0 radical (unpaired) electrons. The molecule has 0 aromatic carbocycles. The number of carbonyl (C=O) groups is 1. The molecule has 2 N–H and O–H groups in total. The fraction of sp³-hybridized carbons (Fsp3) is 0.154. The molecule has 0 aliphatic heterocycles. The van der Waals surface area contributed by atoms with E-state index < -0.39 is 0 Å². The molecule has 0 saturated heterocycles. The fourth-order valence-electron chi connectivity index (χ4n) is 1.72. The lowest BCUT2D eigenvalue weighted by Crippen LogP contribution is -2.07. The smallest absolute Gasteiger partial charge is 0.196 e. The lowest BCUT2D eigenvalue weighted by molar-refractivity contribution is 0.103. The van der Waals surface area contributed by atoms with E-state index in [2.05, 4.69) is 9.97 Å². The van der Waals surface area contributed by atoms with Gasteiger partial charge >= 0.3 is 0 Å². The van der Waals surface area contributed by atoms with Gasteiger partial charge in [-0.25, -0.2) is 0 Å². The first-order valence-corrected chi connectivity index (χ1v) is 5.27. The Hall–Kier alpha value is -2.23. The monoisotopic (exact) mass is 227 g/mol. The van der Waals surface area contributed by atoms with Crippen LogP contribution in [-0.4, -0.2) is 15.8 Å². The highest BCUT2D eigenvalue weighted by Gasteiger charge is 2.13. The molecule has 0 bridgehead atoms. The molecular weight excluding hydrogens is 214 g/mol. The number of nitrogens with zero attached hydrogens (tertiary/aromatic N) is 2. The standard InChI is InChI=1S/C13H13N3O/c1-8-5-10(6-9(2)16-8)13(17)11-7-15-4-3-12(11)14/h3-7H,1-2H3,(H2,14,15). The van der Waals surface area contributed by atoms with Gasteiger partial charge in [-0.2, -0.15) is 0 Å². The normalized spacial score (nSPS) is 10.2. The van der Waals surface area contributed by atoms with Crippen LogP contribution in [0.3, 0.4) is 0 Å². The maximum absolute atomic E-state index is 12.2. The Morgan fingerprint density at radius 2 is 1.88 bits per heavy atom. The molecule has 2 aromatic heterocycles. The Kier molecular flexibility index (Phi) is 2.87. The Morgan fingerprint density at radius 1 is 1.24 bits per heavy atom. The van der Waals surface area contributed by atoms with Crippen molar-refractivity contribution in [3.63, 3.8) is 0 Å². The van der Waals surface area contributed by atoms with Crippen LogP contribution < -0.4 is 5.73 Å². The van der Waals surface area contributed by atoms with Crippen molar-refractivity contribution in [2.45, 2.75) is 13.8 Å². The number of ketones is 1. The summed E-state index contributed by atoms with van der Waals surface area (Å²) in [6.07, 6.45) is 3.05. The Morgan fingerprint density at radius 3 is 2.47 bits per heavy atom. The van der Waals surface area contributed by atoms with E-state index in [-0.39, 0.29) is 5.78 Å². The zero-order chi connectivity index (χ0) is 12.4. The van der Waals surface area contributed by atoms with Crippen molar-refractivity contribution in [3.05, 3.63) is 53.1 Å². The minimum atomic E-state index is -0.121. The average molecular weight is 227 g/mol. The van der Waals surface area contributed by atoms with Gasteiger partial charge in [0.1, 0.15) is 0 Å². The van der Waals surface area contributed by atoms with Crippen molar-refractivity contribution >= 4 is 11.5 Å². The Bertz CT molecular complexity index is 558. The topological polar surface area (TPSA) is 68.9 Å². The molecule has 86 valence electrons. The van der Waals surface area contributed by atoms with Gasteiger partial charge in [0.05, 0.1) is 5.56 Å². The number of nitrogen functional groups attached to an aromatic ring is 1. The minimum absolute atomic E-state index is 0.121. The molecule has 4 heteroatoms. The van der Waals surface area contributed by atoms with Gasteiger partial charge in [-0.05, 0) is 32.0 Å². The van der Waals surface area contributed by atoms with Crippen molar-refractivity contribution in [1.29, 1.82) is 0 Å². The van der Waals surface area contributed by atoms with E-state index in [0.29, 0.717) is 16.8 Å². The van der Waals surface area contributed by atoms with Crippen LogP contribution in [0.1, 0.15) is 27.3 Å². The third-order valence-electron chi connectivity index (χ3n) is 2.44.